The number of fused-ring (bicyclic) bond motifs is 1. The second-order valence-electron chi connectivity index (χ2n) is 3.51. The molecule has 3 nitrogen and oxygen atoms in total. The average Bonchev–Trinajstić information content (AvgIpc) is 2.51. The Morgan fingerprint density at radius 1 is 1.43 bits per heavy atom. The van der Waals surface area contributed by atoms with Crippen molar-refractivity contribution in [1.29, 1.82) is 0 Å². The van der Waals surface area contributed by atoms with E-state index in [0.717, 1.165) is 28.6 Å². The highest BCUT2D eigenvalue weighted by Crippen LogP contribution is 2.33. The predicted molar refractivity (Wildman–Crippen MR) is 58.5 cm³/mol. The van der Waals surface area contributed by atoms with Crippen molar-refractivity contribution in [3.8, 4) is 5.75 Å². The largest absolute Gasteiger partial charge is 0.506 e. The standard InChI is InChI=1S/C11H14N2O/c1-3-8-6(2)10-7(12)4-5-9(14)11(10)13-8/h4-5,13-14H,3,12H2,1-2H3. The van der Waals surface area contributed by atoms with Crippen molar-refractivity contribution in [2.45, 2.75) is 20.3 Å². The molecule has 0 radical (unpaired) electrons. The second kappa shape index (κ2) is 2.94. The van der Waals surface area contributed by atoms with Crippen molar-refractivity contribution in [1.82, 2.24) is 4.98 Å². The highest BCUT2D eigenvalue weighted by Gasteiger charge is 2.11. The third-order valence-electron chi connectivity index (χ3n) is 2.67. The zero-order valence-corrected chi connectivity index (χ0v) is 8.39. The summed E-state index contributed by atoms with van der Waals surface area (Å²) in [5.41, 5.74) is 9.59. The number of H-pyrrole nitrogens is 1. The van der Waals surface area contributed by atoms with E-state index in [9.17, 15) is 5.11 Å². The second-order valence-corrected chi connectivity index (χ2v) is 3.51. The van der Waals surface area contributed by atoms with Crippen LogP contribution in [-0.2, 0) is 6.42 Å². The van der Waals surface area contributed by atoms with E-state index in [4.69, 9.17) is 5.73 Å². The van der Waals surface area contributed by atoms with Crippen LogP contribution in [0.1, 0.15) is 18.2 Å². The molecule has 0 aliphatic heterocycles. The van der Waals surface area contributed by atoms with Crippen LogP contribution in [0.2, 0.25) is 0 Å². The maximum absolute atomic E-state index is 9.64. The average molecular weight is 190 g/mol. The van der Waals surface area contributed by atoms with Gasteiger partial charge in [-0.2, -0.15) is 0 Å². The first-order valence-electron chi connectivity index (χ1n) is 4.73. The molecule has 3 heteroatoms. The Labute approximate surface area is 82.6 Å². The number of nitrogen functional groups attached to an aromatic ring is 1. The molecule has 4 N–H and O–H groups in total. The molecule has 0 aliphatic carbocycles. The Morgan fingerprint density at radius 3 is 2.71 bits per heavy atom. The van der Waals surface area contributed by atoms with Crippen LogP contribution in [0, 0.1) is 6.92 Å². The Hall–Kier alpha value is -1.64. The van der Waals surface area contributed by atoms with Gasteiger partial charge in [0, 0.05) is 16.8 Å². The van der Waals surface area contributed by atoms with Crippen molar-refractivity contribution in [2.75, 3.05) is 5.73 Å². The third kappa shape index (κ3) is 1.05. The molecule has 1 aromatic heterocycles. The Kier molecular flexibility index (Phi) is 1.88. The van der Waals surface area contributed by atoms with E-state index in [1.807, 2.05) is 6.92 Å². The van der Waals surface area contributed by atoms with Crippen molar-refractivity contribution in [3.63, 3.8) is 0 Å². The van der Waals surface area contributed by atoms with Crippen LogP contribution in [0.5, 0.6) is 5.75 Å². The highest BCUT2D eigenvalue weighted by atomic mass is 16.3. The highest BCUT2D eigenvalue weighted by molar-refractivity contribution is 5.98. The number of aryl methyl sites for hydroxylation is 2. The number of anilines is 1. The van der Waals surface area contributed by atoms with E-state index in [2.05, 4.69) is 11.9 Å². The summed E-state index contributed by atoms with van der Waals surface area (Å²) in [7, 11) is 0. The molecule has 0 bridgehead atoms. The third-order valence-corrected chi connectivity index (χ3v) is 2.67. The summed E-state index contributed by atoms with van der Waals surface area (Å²) in [6, 6.07) is 3.35. The number of aromatic hydroxyl groups is 1. The SMILES string of the molecule is CCc1[nH]c2c(O)ccc(N)c2c1C. The first-order valence-corrected chi connectivity index (χ1v) is 4.73. The molecule has 0 unspecified atom stereocenters. The first kappa shape index (κ1) is 8.94. The van der Waals surface area contributed by atoms with Gasteiger partial charge < -0.3 is 15.8 Å². The fourth-order valence-electron chi connectivity index (χ4n) is 1.89. The van der Waals surface area contributed by atoms with Crippen LogP contribution in [0.4, 0.5) is 5.69 Å². The fraction of sp³-hybridized carbons (Fsp3) is 0.273. The van der Waals surface area contributed by atoms with E-state index >= 15 is 0 Å². The number of nitrogens with one attached hydrogen (secondary N) is 1. The number of phenolic OH excluding ortho intramolecular Hbond substituents is 1. The summed E-state index contributed by atoms with van der Waals surface area (Å²) in [5, 5.41) is 10.6. The van der Waals surface area contributed by atoms with Crippen LogP contribution in [0.15, 0.2) is 12.1 Å². The molecule has 2 rings (SSSR count). The summed E-state index contributed by atoms with van der Waals surface area (Å²) in [6.07, 6.45) is 0.916. The molecular weight excluding hydrogens is 176 g/mol. The van der Waals surface area contributed by atoms with Crippen LogP contribution >= 0.6 is 0 Å². The smallest absolute Gasteiger partial charge is 0.139 e. The van der Waals surface area contributed by atoms with Gasteiger partial charge >= 0.3 is 0 Å². The number of rotatable bonds is 1. The number of hydrogen-bond donors (Lipinski definition) is 3. The van der Waals surface area contributed by atoms with E-state index in [1.165, 1.54) is 0 Å². The van der Waals surface area contributed by atoms with Crippen LogP contribution in [0.25, 0.3) is 10.9 Å². The molecule has 0 fully saturated rings. The molecule has 0 atom stereocenters. The topological polar surface area (TPSA) is 62.0 Å². The van der Waals surface area contributed by atoms with Crippen molar-refractivity contribution in [3.05, 3.63) is 23.4 Å². The van der Waals surface area contributed by atoms with Crippen molar-refractivity contribution in [2.24, 2.45) is 0 Å². The number of phenols is 1. The van der Waals surface area contributed by atoms with Crippen LogP contribution < -0.4 is 5.73 Å². The number of hydrogen-bond acceptors (Lipinski definition) is 2. The molecule has 74 valence electrons. The zero-order chi connectivity index (χ0) is 10.3. The summed E-state index contributed by atoms with van der Waals surface area (Å²) in [4.78, 5) is 3.19. The Balaban J connectivity index is 2.90. The molecule has 0 saturated carbocycles. The molecule has 1 aromatic carbocycles. The van der Waals surface area contributed by atoms with Gasteiger partial charge in [-0.25, -0.2) is 0 Å². The van der Waals surface area contributed by atoms with E-state index in [-0.39, 0.29) is 5.75 Å². The maximum Gasteiger partial charge on any atom is 0.139 e. The van der Waals surface area contributed by atoms with Crippen molar-refractivity contribution >= 4 is 16.6 Å². The summed E-state index contributed by atoms with van der Waals surface area (Å²) < 4.78 is 0. The number of aromatic nitrogens is 1. The fourth-order valence-corrected chi connectivity index (χ4v) is 1.89. The molecule has 2 aromatic rings. The molecule has 0 saturated heterocycles. The molecular formula is C11H14N2O. The van der Waals surface area contributed by atoms with Crippen molar-refractivity contribution < 1.29 is 5.11 Å². The summed E-state index contributed by atoms with van der Waals surface area (Å²) in [6.45, 7) is 4.10. The van der Waals surface area contributed by atoms with Crippen LogP contribution in [-0.4, -0.2) is 10.1 Å². The summed E-state index contributed by atoms with van der Waals surface area (Å²) >= 11 is 0. The molecule has 0 amide bonds. The van der Waals surface area contributed by atoms with Gasteiger partial charge in [0.15, 0.2) is 0 Å². The Morgan fingerprint density at radius 2 is 2.14 bits per heavy atom. The van der Waals surface area contributed by atoms with Gasteiger partial charge in [-0.05, 0) is 31.0 Å². The lowest BCUT2D eigenvalue weighted by molar-refractivity contribution is 0.480. The minimum absolute atomic E-state index is 0.261. The molecule has 1 heterocycles. The van der Waals surface area contributed by atoms with E-state index < -0.39 is 0 Å². The predicted octanol–water partition coefficient (Wildman–Crippen LogP) is 2.33. The lowest BCUT2D eigenvalue weighted by Crippen LogP contribution is -1.86. The first-order chi connectivity index (χ1) is 6.65. The number of benzene rings is 1. The van der Waals surface area contributed by atoms with Gasteiger partial charge in [-0.3, -0.25) is 0 Å². The maximum atomic E-state index is 9.64. The quantitative estimate of drug-likeness (QED) is 0.477. The minimum atomic E-state index is 0.261. The van der Waals surface area contributed by atoms with Gasteiger partial charge in [-0.1, -0.05) is 6.92 Å². The molecule has 0 aliphatic rings. The summed E-state index contributed by atoms with van der Waals surface area (Å²) in [5.74, 6) is 0.261. The Bertz CT molecular complexity index is 485. The van der Waals surface area contributed by atoms with Gasteiger partial charge in [0.1, 0.15) is 5.75 Å². The van der Waals surface area contributed by atoms with Crippen LogP contribution in [0.3, 0.4) is 0 Å². The lowest BCUT2D eigenvalue weighted by Gasteiger charge is -1.99. The monoisotopic (exact) mass is 190 g/mol. The van der Waals surface area contributed by atoms with Gasteiger partial charge in [0.25, 0.3) is 0 Å². The van der Waals surface area contributed by atoms with E-state index in [1.54, 1.807) is 12.1 Å². The van der Waals surface area contributed by atoms with Gasteiger partial charge in [0.2, 0.25) is 0 Å². The van der Waals surface area contributed by atoms with Gasteiger partial charge in [-0.15, -0.1) is 0 Å². The van der Waals surface area contributed by atoms with E-state index in [0.29, 0.717) is 5.69 Å². The van der Waals surface area contributed by atoms with Gasteiger partial charge in [0.05, 0.1) is 5.52 Å². The normalized spacial score (nSPS) is 11.0. The molecule has 0 spiro atoms. The minimum Gasteiger partial charge on any atom is -0.506 e. The number of aromatic amines is 1. The lowest BCUT2D eigenvalue weighted by atomic mass is 10.1. The molecule has 14 heavy (non-hydrogen) atoms. The number of nitrogens with two attached hydrogens (primary N) is 1. The zero-order valence-electron chi connectivity index (χ0n) is 8.39.